The maximum Gasteiger partial charge on any atom is 0.308 e. The van der Waals surface area contributed by atoms with Crippen LogP contribution in [0.15, 0.2) is 28.9 Å². The number of hydrogen-bond donors (Lipinski definition) is 0. The molecule has 0 radical (unpaired) electrons. The van der Waals surface area contributed by atoms with E-state index in [0.717, 1.165) is 28.5 Å². The summed E-state index contributed by atoms with van der Waals surface area (Å²) >= 11 is 3.49. The van der Waals surface area contributed by atoms with Crippen LogP contribution in [0.25, 0.3) is 10.8 Å². The highest BCUT2D eigenvalue weighted by atomic mass is 79.9. The second kappa shape index (κ2) is 6.20. The maximum absolute atomic E-state index is 14.0. The maximum atomic E-state index is 14.0. The number of fused-ring (bicyclic) bond motifs is 1. The molecule has 0 unspecified atom stereocenters. The predicted octanol–water partition coefficient (Wildman–Crippen LogP) is 3.53. The van der Waals surface area contributed by atoms with E-state index < -0.39 is 0 Å². The first-order valence-electron chi connectivity index (χ1n) is 7.17. The number of aromatic nitrogens is 1. The van der Waals surface area contributed by atoms with Crippen molar-refractivity contribution >= 4 is 38.5 Å². The molecule has 0 spiro atoms. The summed E-state index contributed by atoms with van der Waals surface area (Å²) in [6.07, 6.45) is 3.06. The van der Waals surface area contributed by atoms with Gasteiger partial charge in [-0.1, -0.05) is 15.9 Å². The average Bonchev–Trinajstić information content (AvgIpc) is 2.57. The van der Waals surface area contributed by atoms with Crippen molar-refractivity contribution < 1.29 is 13.9 Å². The van der Waals surface area contributed by atoms with Gasteiger partial charge in [-0.2, -0.15) is 0 Å². The van der Waals surface area contributed by atoms with Crippen molar-refractivity contribution in [3.63, 3.8) is 0 Å². The van der Waals surface area contributed by atoms with Crippen LogP contribution in [-0.4, -0.2) is 31.2 Å². The fourth-order valence-corrected chi connectivity index (χ4v) is 3.46. The number of anilines is 1. The van der Waals surface area contributed by atoms with Gasteiger partial charge < -0.3 is 9.64 Å². The molecule has 4 nitrogen and oxygen atoms in total. The molecule has 1 fully saturated rings. The molecule has 2 aromatic rings. The van der Waals surface area contributed by atoms with Crippen LogP contribution in [0, 0.1) is 11.7 Å². The van der Waals surface area contributed by atoms with Crippen LogP contribution in [0.2, 0.25) is 0 Å². The van der Waals surface area contributed by atoms with Crippen molar-refractivity contribution in [3.05, 3.63) is 34.7 Å². The van der Waals surface area contributed by atoms with Gasteiger partial charge in [0.1, 0.15) is 11.6 Å². The lowest BCUT2D eigenvalue weighted by atomic mass is 9.96. The number of ether oxygens (including phenoxy) is 1. The minimum Gasteiger partial charge on any atom is -0.469 e. The SMILES string of the molecule is COC(=O)C1CCN(c2nccc3c(F)ccc(Br)c23)CC1. The van der Waals surface area contributed by atoms with E-state index in [1.165, 1.54) is 13.2 Å². The Morgan fingerprint density at radius 2 is 2.09 bits per heavy atom. The third-order valence-electron chi connectivity index (χ3n) is 4.13. The second-order valence-electron chi connectivity index (χ2n) is 5.37. The summed E-state index contributed by atoms with van der Waals surface area (Å²) in [6, 6.07) is 4.82. The molecule has 0 aliphatic carbocycles. The lowest BCUT2D eigenvalue weighted by Crippen LogP contribution is -2.37. The summed E-state index contributed by atoms with van der Waals surface area (Å²) in [5.74, 6) is 0.285. The highest BCUT2D eigenvalue weighted by Crippen LogP contribution is 2.34. The molecular weight excluding hydrogens is 351 g/mol. The van der Waals surface area contributed by atoms with Crippen LogP contribution in [-0.2, 0) is 9.53 Å². The molecule has 1 aromatic heterocycles. The first-order chi connectivity index (χ1) is 10.6. The summed E-state index contributed by atoms with van der Waals surface area (Å²) < 4.78 is 19.6. The molecule has 1 aliphatic heterocycles. The molecule has 3 rings (SSSR count). The predicted molar refractivity (Wildman–Crippen MR) is 86.4 cm³/mol. The van der Waals surface area contributed by atoms with E-state index in [9.17, 15) is 9.18 Å². The molecule has 6 heteroatoms. The fourth-order valence-electron chi connectivity index (χ4n) is 2.94. The number of esters is 1. The number of methoxy groups -OCH3 is 1. The van der Waals surface area contributed by atoms with Crippen LogP contribution in [0.5, 0.6) is 0 Å². The Labute approximate surface area is 136 Å². The van der Waals surface area contributed by atoms with Gasteiger partial charge in [0.15, 0.2) is 0 Å². The molecular formula is C16H16BrFN2O2. The number of carbonyl (C=O) groups is 1. The first-order valence-corrected chi connectivity index (χ1v) is 7.96. The molecule has 0 bridgehead atoms. The van der Waals surface area contributed by atoms with Crippen LogP contribution in [0.4, 0.5) is 10.2 Å². The highest BCUT2D eigenvalue weighted by molar-refractivity contribution is 9.10. The Morgan fingerprint density at radius 3 is 2.77 bits per heavy atom. The summed E-state index contributed by atoms with van der Waals surface area (Å²) in [4.78, 5) is 18.1. The van der Waals surface area contributed by atoms with Crippen molar-refractivity contribution in [1.82, 2.24) is 4.98 Å². The number of benzene rings is 1. The van der Waals surface area contributed by atoms with E-state index >= 15 is 0 Å². The van der Waals surface area contributed by atoms with Gasteiger partial charge in [-0.3, -0.25) is 4.79 Å². The first kappa shape index (κ1) is 15.2. The van der Waals surface area contributed by atoms with E-state index in [0.29, 0.717) is 18.5 Å². The molecule has 0 amide bonds. The van der Waals surface area contributed by atoms with Crippen LogP contribution in [0.3, 0.4) is 0 Å². The van der Waals surface area contributed by atoms with Crippen molar-refractivity contribution in [2.45, 2.75) is 12.8 Å². The van der Waals surface area contributed by atoms with Gasteiger partial charge in [-0.25, -0.2) is 9.37 Å². The summed E-state index contributed by atoms with van der Waals surface area (Å²) in [7, 11) is 1.42. The van der Waals surface area contributed by atoms with Crippen molar-refractivity contribution in [1.29, 1.82) is 0 Å². The number of pyridine rings is 1. The molecule has 1 saturated heterocycles. The number of rotatable bonds is 2. The van der Waals surface area contributed by atoms with E-state index in [-0.39, 0.29) is 17.7 Å². The molecule has 1 aromatic carbocycles. The van der Waals surface area contributed by atoms with Gasteiger partial charge in [0.25, 0.3) is 0 Å². The van der Waals surface area contributed by atoms with Crippen molar-refractivity contribution in [2.75, 3.05) is 25.1 Å². The molecule has 22 heavy (non-hydrogen) atoms. The third kappa shape index (κ3) is 2.67. The number of halogens is 2. The number of nitrogens with zero attached hydrogens (tertiary/aromatic N) is 2. The summed E-state index contributed by atoms with van der Waals surface area (Å²) in [5.41, 5.74) is 0. The topological polar surface area (TPSA) is 42.4 Å². The minimum absolute atomic E-state index is 0.0589. The molecule has 2 heterocycles. The quantitative estimate of drug-likeness (QED) is 0.762. The molecule has 0 atom stereocenters. The Kier molecular flexibility index (Phi) is 4.29. The van der Waals surface area contributed by atoms with Gasteiger partial charge in [-0.05, 0) is 31.0 Å². The van der Waals surface area contributed by atoms with Crippen molar-refractivity contribution in [2.24, 2.45) is 5.92 Å². The highest BCUT2D eigenvalue weighted by Gasteiger charge is 2.27. The van der Waals surface area contributed by atoms with E-state index in [1.54, 1.807) is 18.3 Å². The standard InChI is InChI=1S/C16H16BrFN2O2/c1-22-16(21)10-5-8-20(9-6-10)15-14-11(4-7-19-15)13(18)3-2-12(14)17/h2-4,7,10H,5-6,8-9H2,1H3. The lowest BCUT2D eigenvalue weighted by molar-refractivity contribution is -0.146. The number of carbonyl (C=O) groups excluding carboxylic acids is 1. The average molecular weight is 367 g/mol. The van der Waals surface area contributed by atoms with Crippen LogP contribution >= 0.6 is 15.9 Å². The molecule has 0 N–H and O–H groups in total. The Hall–Kier alpha value is -1.69. The summed E-state index contributed by atoms with van der Waals surface area (Å²) in [5, 5.41) is 1.33. The van der Waals surface area contributed by atoms with Gasteiger partial charge >= 0.3 is 5.97 Å². The zero-order valence-electron chi connectivity index (χ0n) is 12.2. The zero-order valence-corrected chi connectivity index (χ0v) is 13.8. The molecule has 0 saturated carbocycles. The van der Waals surface area contributed by atoms with Crippen LogP contribution in [0.1, 0.15) is 12.8 Å². The Morgan fingerprint density at radius 1 is 1.36 bits per heavy atom. The van der Waals surface area contributed by atoms with Gasteiger partial charge in [0.05, 0.1) is 13.0 Å². The van der Waals surface area contributed by atoms with E-state index in [1.807, 2.05) is 0 Å². The number of piperidine rings is 1. The van der Waals surface area contributed by atoms with E-state index in [4.69, 9.17) is 4.74 Å². The monoisotopic (exact) mass is 366 g/mol. The Balaban J connectivity index is 1.92. The van der Waals surface area contributed by atoms with Gasteiger partial charge in [-0.15, -0.1) is 0 Å². The molecule has 116 valence electrons. The largest absolute Gasteiger partial charge is 0.469 e. The number of hydrogen-bond acceptors (Lipinski definition) is 4. The normalized spacial score (nSPS) is 16.0. The minimum atomic E-state index is -0.258. The third-order valence-corrected chi connectivity index (χ3v) is 4.79. The van der Waals surface area contributed by atoms with E-state index in [2.05, 4.69) is 25.8 Å². The second-order valence-corrected chi connectivity index (χ2v) is 6.23. The van der Waals surface area contributed by atoms with Crippen LogP contribution < -0.4 is 4.90 Å². The van der Waals surface area contributed by atoms with Gasteiger partial charge in [0.2, 0.25) is 0 Å². The Bertz CT molecular complexity index is 715. The fraction of sp³-hybridized carbons (Fsp3) is 0.375. The van der Waals surface area contributed by atoms with Gasteiger partial charge in [0, 0.05) is 34.5 Å². The smallest absolute Gasteiger partial charge is 0.308 e. The van der Waals surface area contributed by atoms with Crippen molar-refractivity contribution in [3.8, 4) is 0 Å². The molecule has 1 aliphatic rings. The summed E-state index contributed by atoms with van der Waals surface area (Å²) in [6.45, 7) is 1.41. The lowest BCUT2D eigenvalue weighted by Gasteiger charge is -2.32. The zero-order chi connectivity index (χ0) is 15.7.